The number of nitrogen functional groups attached to an aromatic ring is 1. The highest BCUT2D eigenvalue weighted by molar-refractivity contribution is 5.96. The molecule has 0 aliphatic carbocycles. The van der Waals surface area contributed by atoms with Crippen molar-refractivity contribution in [2.75, 3.05) is 37.8 Å². The summed E-state index contributed by atoms with van der Waals surface area (Å²) in [6.07, 6.45) is 2.12. The van der Waals surface area contributed by atoms with Crippen molar-refractivity contribution in [3.63, 3.8) is 0 Å². The van der Waals surface area contributed by atoms with E-state index >= 15 is 0 Å². The number of hydrogen-bond donors (Lipinski definition) is 1. The average Bonchev–Trinajstić information content (AvgIpc) is 2.38. The van der Waals surface area contributed by atoms with E-state index in [4.69, 9.17) is 5.73 Å². The summed E-state index contributed by atoms with van der Waals surface area (Å²) in [5, 5.41) is 0. The summed E-state index contributed by atoms with van der Waals surface area (Å²) >= 11 is 0. The summed E-state index contributed by atoms with van der Waals surface area (Å²) in [6.45, 7) is 5.67. The quantitative estimate of drug-likeness (QED) is 0.803. The molecular formula is C15H25N3O. The van der Waals surface area contributed by atoms with Gasteiger partial charge in [0, 0.05) is 32.7 Å². The van der Waals surface area contributed by atoms with Gasteiger partial charge in [-0.1, -0.05) is 13.3 Å². The molecule has 106 valence electrons. The summed E-state index contributed by atoms with van der Waals surface area (Å²) < 4.78 is 0. The topological polar surface area (TPSA) is 49.6 Å². The highest BCUT2D eigenvalue weighted by Crippen LogP contribution is 2.23. The van der Waals surface area contributed by atoms with Crippen LogP contribution in [-0.2, 0) is 0 Å². The third-order valence-corrected chi connectivity index (χ3v) is 3.21. The maximum Gasteiger partial charge on any atom is 0.253 e. The fourth-order valence-corrected chi connectivity index (χ4v) is 2.03. The number of rotatable bonds is 6. The minimum Gasteiger partial charge on any atom is -0.397 e. The number of nitrogens with two attached hydrogens (primary N) is 1. The molecule has 0 heterocycles. The van der Waals surface area contributed by atoms with Crippen LogP contribution in [0.15, 0.2) is 18.2 Å². The van der Waals surface area contributed by atoms with Crippen LogP contribution in [0.5, 0.6) is 0 Å². The largest absolute Gasteiger partial charge is 0.397 e. The van der Waals surface area contributed by atoms with Gasteiger partial charge in [-0.2, -0.15) is 0 Å². The average molecular weight is 263 g/mol. The van der Waals surface area contributed by atoms with E-state index in [0.717, 1.165) is 31.6 Å². The van der Waals surface area contributed by atoms with E-state index in [9.17, 15) is 4.79 Å². The first-order chi connectivity index (χ1) is 9.01. The number of anilines is 2. The molecule has 0 radical (unpaired) electrons. The maximum atomic E-state index is 12.4. The molecule has 19 heavy (non-hydrogen) atoms. The fraction of sp³-hybridized carbons (Fsp3) is 0.533. The Morgan fingerprint density at radius 1 is 1.26 bits per heavy atom. The number of amides is 1. The Labute approximate surface area is 116 Å². The number of unbranched alkanes of at least 4 members (excludes halogenated alkanes) is 1. The molecule has 4 nitrogen and oxygen atoms in total. The van der Waals surface area contributed by atoms with Gasteiger partial charge in [0.15, 0.2) is 0 Å². The van der Waals surface area contributed by atoms with Crippen molar-refractivity contribution in [1.29, 1.82) is 0 Å². The Balaban J connectivity index is 2.90. The third-order valence-electron chi connectivity index (χ3n) is 3.21. The zero-order chi connectivity index (χ0) is 14.4. The van der Waals surface area contributed by atoms with Crippen molar-refractivity contribution >= 4 is 17.3 Å². The second kappa shape index (κ2) is 7.02. The van der Waals surface area contributed by atoms with E-state index in [0.29, 0.717) is 11.3 Å². The van der Waals surface area contributed by atoms with E-state index in [-0.39, 0.29) is 5.91 Å². The van der Waals surface area contributed by atoms with E-state index in [1.807, 2.05) is 43.0 Å². The highest BCUT2D eigenvalue weighted by atomic mass is 16.2. The van der Waals surface area contributed by atoms with Crippen LogP contribution in [0.4, 0.5) is 11.4 Å². The van der Waals surface area contributed by atoms with Crippen LogP contribution in [0.1, 0.15) is 37.0 Å². The van der Waals surface area contributed by atoms with Crippen LogP contribution in [0.25, 0.3) is 0 Å². The van der Waals surface area contributed by atoms with E-state index in [2.05, 4.69) is 6.92 Å². The van der Waals surface area contributed by atoms with Gasteiger partial charge in [-0.25, -0.2) is 0 Å². The van der Waals surface area contributed by atoms with Gasteiger partial charge in [0.2, 0.25) is 0 Å². The Morgan fingerprint density at radius 2 is 1.95 bits per heavy atom. The lowest BCUT2D eigenvalue weighted by Crippen LogP contribution is -2.31. The van der Waals surface area contributed by atoms with E-state index < -0.39 is 0 Å². The lowest BCUT2D eigenvalue weighted by atomic mass is 10.1. The normalized spacial score (nSPS) is 10.3. The minimum atomic E-state index is 0.0629. The molecule has 1 amide bonds. The van der Waals surface area contributed by atoms with Gasteiger partial charge in [0.05, 0.1) is 11.4 Å². The molecule has 0 aliphatic rings. The predicted molar refractivity (Wildman–Crippen MR) is 81.7 cm³/mol. The zero-order valence-corrected chi connectivity index (χ0v) is 12.4. The van der Waals surface area contributed by atoms with Gasteiger partial charge >= 0.3 is 0 Å². The van der Waals surface area contributed by atoms with Gasteiger partial charge in [-0.3, -0.25) is 4.79 Å². The summed E-state index contributed by atoms with van der Waals surface area (Å²) in [4.78, 5) is 16.2. The third kappa shape index (κ3) is 3.88. The van der Waals surface area contributed by atoms with Crippen LogP contribution >= 0.6 is 0 Å². The van der Waals surface area contributed by atoms with Gasteiger partial charge in [-0.15, -0.1) is 0 Å². The smallest absolute Gasteiger partial charge is 0.253 e. The molecule has 1 rings (SSSR count). The fourth-order valence-electron chi connectivity index (χ4n) is 2.03. The van der Waals surface area contributed by atoms with Crippen molar-refractivity contribution in [1.82, 2.24) is 4.90 Å². The first kappa shape index (κ1) is 15.3. The Morgan fingerprint density at radius 3 is 2.42 bits per heavy atom. The molecule has 0 aliphatic heterocycles. The predicted octanol–water partition coefficient (Wildman–Crippen LogP) is 2.60. The molecule has 0 bridgehead atoms. The van der Waals surface area contributed by atoms with Crippen LogP contribution in [0.3, 0.4) is 0 Å². The van der Waals surface area contributed by atoms with Gasteiger partial charge < -0.3 is 15.5 Å². The molecule has 1 aromatic rings. The molecular weight excluding hydrogens is 238 g/mol. The summed E-state index contributed by atoms with van der Waals surface area (Å²) in [5.74, 6) is 0.0629. The molecule has 4 heteroatoms. The van der Waals surface area contributed by atoms with E-state index in [1.54, 1.807) is 6.07 Å². The summed E-state index contributed by atoms with van der Waals surface area (Å²) in [5.41, 5.74) is 8.24. The monoisotopic (exact) mass is 263 g/mol. The van der Waals surface area contributed by atoms with Crippen molar-refractivity contribution < 1.29 is 4.79 Å². The van der Waals surface area contributed by atoms with Gasteiger partial charge in [0.1, 0.15) is 0 Å². The highest BCUT2D eigenvalue weighted by Gasteiger charge is 2.15. The van der Waals surface area contributed by atoms with Crippen molar-refractivity contribution in [2.24, 2.45) is 0 Å². The SMILES string of the molecule is CCCCN(CC)C(=O)c1ccc(N(C)C)c(N)c1. The Bertz CT molecular complexity index is 429. The first-order valence-corrected chi connectivity index (χ1v) is 6.87. The van der Waals surface area contributed by atoms with Crippen LogP contribution in [0.2, 0.25) is 0 Å². The molecule has 0 saturated heterocycles. The zero-order valence-electron chi connectivity index (χ0n) is 12.4. The molecule has 0 aromatic heterocycles. The molecule has 0 unspecified atom stereocenters. The van der Waals surface area contributed by atoms with Crippen molar-refractivity contribution in [3.05, 3.63) is 23.8 Å². The second-order valence-electron chi connectivity index (χ2n) is 4.91. The molecule has 2 N–H and O–H groups in total. The molecule has 0 saturated carbocycles. The number of hydrogen-bond acceptors (Lipinski definition) is 3. The minimum absolute atomic E-state index is 0.0629. The standard InChI is InChI=1S/C15H25N3O/c1-5-7-10-18(6-2)15(19)12-8-9-14(17(3)4)13(16)11-12/h8-9,11H,5-7,10,16H2,1-4H3. The number of nitrogens with zero attached hydrogens (tertiary/aromatic N) is 2. The van der Waals surface area contributed by atoms with Gasteiger partial charge in [-0.05, 0) is 31.5 Å². The lowest BCUT2D eigenvalue weighted by molar-refractivity contribution is 0.0762. The summed E-state index contributed by atoms with van der Waals surface area (Å²) in [6, 6.07) is 5.52. The first-order valence-electron chi connectivity index (χ1n) is 6.87. The molecule has 0 spiro atoms. The molecule has 1 aromatic carbocycles. The van der Waals surface area contributed by atoms with Crippen LogP contribution < -0.4 is 10.6 Å². The molecule has 0 fully saturated rings. The second-order valence-corrected chi connectivity index (χ2v) is 4.91. The van der Waals surface area contributed by atoms with Crippen LogP contribution in [0, 0.1) is 0 Å². The summed E-state index contributed by atoms with van der Waals surface area (Å²) in [7, 11) is 3.87. The van der Waals surface area contributed by atoms with Gasteiger partial charge in [0.25, 0.3) is 5.91 Å². The van der Waals surface area contributed by atoms with Crippen molar-refractivity contribution in [3.8, 4) is 0 Å². The number of carbonyl (C=O) groups excluding carboxylic acids is 1. The van der Waals surface area contributed by atoms with Crippen molar-refractivity contribution in [2.45, 2.75) is 26.7 Å². The Kier molecular flexibility index (Phi) is 5.67. The molecule has 0 atom stereocenters. The lowest BCUT2D eigenvalue weighted by Gasteiger charge is -2.22. The maximum absolute atomic E-state index is 12.4. The number of carbonyl (C=O) groups is 1. The van der Waals surface area contributed by atoms with E-state index in [1.165, 1.54) is 0 Å². The Hall–Kier alpha value is -1.71. The van der Waals surface area contributed by atoms with Crippen LogP contribution in [-0.4, -0.2) is 38.0 Å². The number of benzene rings is 1.